The molecule has 0 bridgehead atoms. The summed E-state index contributed by atoms with van der Waals surface area (Å²) in [6, 6.07) is -5.51. The Morgan fingerprint density at radius 1 is 0.475 bits per heavy atom. The molecule has 0 aliphatic heterocycles. The highest BCUT2D eigenvalue weighted by Gasteiger charge is 2.37. The van der Waals surface area contributed by atoms with Crippen LogP contribution in [0.2, 0.25) is 0 Å². The van der Waals surface area contributed by atoms with E-state index in [1.54, 1.807) is 13.8 Å². The summed E-state index contributed by atoms with van der Waals surface area (Å²) in [5.41, 5.74) is -2.66. The number of nitrogens with zero attached hydrogens (tertiary/aromatic N) is 1. The van der Waals surface area contributed by atoms with Crippen LogP contribution in [0.5, 0.6) is 0 Å². The number of anilines is 3. The third-order valence-electron chi connectivity index (χ3n) is 6.81. The number of hydrogen-bond acceptors (Lipinski definition) is 1. The average molecular weight is 534 g/mol. The molecule has 0 radical (unpaired) electrons. The molecule has 1 aliphatic rings. The van der Waals surface area contributed by atoms with Crippen molar-refractivity contribution in [3.63, 3.8) is 0 Å². The Morgan fingerprint density at radius 2 is 0.925 bits per heavy atom. The van der Waals surface area contributed by atoms with Gasteiger partial charge in [-0.1, -0.05) is 135 Å². The van der Waals surface area contributed by atoms with Crippen molar-refractivity contribution in [2.45, 2.75) is 19.3 Å². The molecule has 1 nitrogen and oxygen atoms in total. The van der Waals surface area contributed by atoms with Crippen LogP contribution < -0.4 is 4.90 Å². The number of hydrogen-bond donors (Lipinski definition) is 0. The second-order valence-electron chi connectivity index (χ2n) is 9.51. The Balaban J connectivity index is 1.61. The Bertz CT molecular complexity index is 2690. The summed E-state index contributed by atoms with van der Waals surface area (Å²) in [6.07, 6.45) is 0. The first-order valence-electron chi connectivity index (χ1n) is 22.3. The fourth-order valence-corrected chi connectivity index (χ4v) is 4.91. The first kappa shape index (κ1) is 10.9. The molecule has 0 atom stereocenters. The van der Waals surface area contributed by atoms with Gasteiger partial charge in [-0.05, 0) is 69.3 Å². The average Bonchev–Trinajstić information content (AvgIpc) is 3.44. The van der Waals surface area contributed by atoms with Crippen molar-refractivity contribution in [1.29, 1.82) is 0 Å². The summed E-state index contributed by atoms with van der Waals surface area (Å²) in [5, 5.41) is 0. The zero-order valence-corrected chi connectivity index (χ0v) is 21.3. The number of benzene rings is 6. The Kier molecular flexibility index (Phi) is 2.65. The van der Waals surface area contributed by atoms with Crippen LogP contribution in [0.3, 0.4) is 0 Å². The molecule has 192 valence electrons. The van der Waals surface area contributed by atoms with Crippen LogP contribution in [-0.2, 0) is 5.41 Å². The van der Waals surface area contributed by atoms with E-state index < -0.39 is 119 Å². The molecule has 1 heteroatoms. The van der Waals surface area contributed by atoms with Crippen molar-refractivity contribution in [2.75, 3.05) is 4.90 Å². The van der Waals surface area contributed by atoms with E-state index in [-0.39, 0.29) is 68.6 Å². The lowest BCUT2D eigenvalue weighted by atomic mass is 9.82. The Hall–Kier alpha value is -4.88. The summed E-state index contributed by atoms with van der Waals surface area (Å²) in [4.78, 5) is 1.30. The van der Waals surface area contributed by atoms with Gasteiger partial charge >= 0.3 is 0 Å². The topological polar surface area (TPSA) is 3.24 Å². The second-order valence-corrected chi connectivity index (χ2v) is 9.51. The maximum atomic E-state index is 9.14. The van der Waals surface area contributed by atoms with E-state index in [1.165, 1.54) is 35.2 Å². The zero-order valence-electron chi connectivity index (χ0n) is 41.3. The van der Waals surface area contributed by atoms with Crippen molar-refractivity contribution >= 4 is 17.1 Å². The van der Waals surface area contributed by atoms with E-state index in [0.29, 0.717) is 0 Å². The summed E-state index contributed by atoms with van der Waals surface area (Å²) in [6.45, 7) is 3.28. The first-order chi connectivity index (χ1) is 27.9. The molecule has 0 amide bonds. The molecule has 0 unspecified atom stereocenters. The molecular formula is C39H31N. The molecule has 0 fully saturated rings. The summed E-state index contributed by atoms with van der Waals surface area (Å²) >= 11 is 0. The van der Waals surface area contributed by atoms with Crippen LogP contribution in [-0.4, -0.2) is 0 Å². The standard InChI is InChI=1S/C39H31N/c1-39(2)35-17-10-9-16-34(35)38-36(39)18-11-19-37(38)40(32-24-20-30(21-25-32)28-12-5-3-6-13-28)33-26-22-31(23-27-33)29-14-7-4-8-15-29/h3-27H,1-2H3/i3D,4D,5D,6D,7D,8D,9D,10D,11D,12D,13D,14D,15D,16D,17D,18D,20D,21D,22D,23D. The smallest absolute Gasteiger partial charge is 0.0630 e. The van der Waals surface area contributed by atoms with Crippen molar-refractivity contribution in [1.82, 2.24) is 0 Å². The van der Waals surface area contributed by atoms with Gasteiger partial charge in [0.15, 0.2) is 0 Å². The van der Waals surface area contributed by atoms with E-state index in [0.717, 1.165) is 0 Å². The highest BCUT2D eigenvalue weighted by Crippen LogP contribution is 2.54. The third kappa shape index (κ3) is 4.03. The lowest BCUT2D eigenvalue weighted by Gasteiger charge is -2.29. The quantitative estimate of drug-likeness (QED) is 0.213. The van der Waals surface area contributed by atoms with Gasteiger partial charge in [-0.2, -0.15) is 0 Å². The molecule has 0 aromatic heterocycles. The molecule has 0 N–H and O–H groups in total. The van der Waals surface area contributed by atoms with Gasteiger partial charge in [0.25, 0.3) is 0 Å². The summed E-state index contributed by atoms with van der Waals surface area (Å²) < 4.78 is 173. The lowest BCUT2D eigenvalue weighted by molar-refractivity contribution is 0.660. The van der Waals surface area contributed by atoms with Crippen LogP contribution in [0.1, 0.15) is 52.4 Å². The van der Waals surface area contributed by atoms with Crippen LogP contribution in [0, 0.1) is 0 Å². The monoisotopic (exact) mass is 533 g/mol. The summed E-state index contributed by atoms with van der Waals surface area (Å²) in [7, 11) is 0. The molecule has 40 heavy (non-hydrogen) atoms. The molecule has 0 spiro atoms. The van der Waals surface area contributed by atoms with E-state index >= 15 is 0 Å². The van der Waals surface area contributed by atoms with Gasteiger partial charge in [-0.15, -0.1) is 0 Å². The molecular weight excluding hydrogens is 482 g/mol. The van der Waals surface area contributed by atoms with Crippen LogP contribution in [0.4, 0.5) is 17.1 Å². The highest BCUT2D eigenvalue weighted by atomic mass is 15.1. The van der Waals surface area contributed by atoms with Gasteiger partial charge in [0, 0.05) is 22.4 Å². The normalized spacial score (nSPS) is 19.9. The first-order valence-corrected chi connectivity index (χ1v) is 12.3. The van der Waals surface area contributed by atoms with Crippen molar-refractivity contribution in [2.24, 2.45) is 0 Å². The fraction of sp³-hybridized carbons (Fsp3) is 0.0769. The molecule has 0 saturated carbocycles. The Labute approximate surface area is 265 Å². The highest BCUT2D eigenvalue weighted by molar-refractivity contribution is 5.95. The van der Waals surface area contributed by atoms with Crippen LogP contribution in [0.15, 0.2) is 151 Å². The predicted octanol–water partition coefficient (Wildman–Crippen LogP) is 10.8. The van der Waals surface area contributed by atoms with Gasteiger partial charge in [-0.25, -0.2) is 0 Å². The predicted molar refractivity (Wildman–Crippen MR) is 170 cm³/mol. The van der Waals surface area contributed by atoms with E-state index in [2.05, 4.69) is 0 Å². The van der Waals surface area contributed by atoms with Gasteiger partial charge in [0.2, 0.25) is 0 Å². The van der Waals surface area contributed by atoms with E-state index in [1.807, 2.05) is 0 Å². The van der Waals surface area contributed by atoms with Gasteiger partial charge in [-0.3, -0.25) is 0 Å². The zero-order chi connectivity index (χ0) is 44.5. The van der Waals surface area contributed by atoms with E-state index in [4.69, 9.17) is 27.4 Å². The van der Waals surface area contributed by atoms with Crippen molar-refractivity contribution < 1.29 is 27.4 Å². The van der Waals surface area contributed by atoms with Crippen LogP contribution in [0.25, 0.3) is 33.4 Å². The fourth-order valence-electron chi connectivity index (χ4n) is 4.91. The van der Waals surface area contributed by atoms with Gasteiger partial charge < -0.3 is 4.90 Å². The minimum atomic E-state index is -1.30. The third-order valence-corrected chi connectivity index (χ3v) is 6.81. The molecule has 7 rings (SSSR count). The lowest BCUT2D eigenvalue weighted by Crippen LogP contribution is -2.16. The van der Waals surface area contributed by atoms with Crippen molar-refractivity contribution in [3.05, 3.63) is 162 Å². The molecule has 0 saturated heterocycles. The summed E-state index contributed by atoms with van der Waals surface area (Å²) in [5.74, 6) is 0. The SMILES string of the molecule is [2H]c1cc(N(c2cc([2H])c(-c3c([2H])c([2H])c([2H])c([2H])c3[2H])c([2H])c2)c2cc([2H])c(-c3c([2H])c([2H])c([2H])c([2H])c3[2H])c([2H])c2)c2c(c1[2H])C(C)(C)c1c([2H])c([2H])c([2H])c([2H])c1-2. The van der Waals surface area contributed by atoms with Gasteiger partial charge in [0.1, 0.15) is 0 Å². The molecule has 1 aliphatic carbocycles. The molecule has 0 heterocycles. The van der Waals surface area contributed by atoms with Crippen molar-refractivity contribution in [3.8, 4) is 33.4 Å². The minimum Gasteiger partial charge on any atom is -0.310 e. The number of rotatable bonds is 5. The maximum absolute atomic E-state index is 9.14. The largest absolute Gasteiger partial charge is 0.310 e. The maximum Gasteiger partial charge on any atom is 0.0630 e. The van der Waals surface area contributed by atoms with Gasteiger partial charge in [0.05, 0.1) is 33.1 Å². The number of fused-ring (bicyclic) bond motifs is 3. The molecule has 6 aromatic rings. The Morgan fingerprint density at radius 3 is 1.48 bits per heavy atom. The minimum absolute atomic E-state index is 0.00427. The molecule has 6 aromatic carbocycles. The van der Waals surface area contributed by atoms with Crippen LogP contribution >= 0.6 is 0 Å². The second kappa shape index (κ2) is 9.70. The van der Waals surface area contributed by atoms with E-state index in [9.17, 15) is 0 Å².